The van der Waals surface area contributed by atoms with Gasteiger partial charge in [0.25, 0.3) is 0 Å². The maximum Gasteiger partial charge on any atom is 0.202 e. The highest BCUT2D eigenvalue weighted by molar-refractivity contribution is 5.34. The molecular formula is C21H30N2O2. The SMILES string of the molecule is COC(OC)c1n[nH]c2c1CCCC2Cc1ccc(C(C)(C)C)cc1. The van der Waals surface area contributed by atoms with E-state index in [0.717, 1.165) is 18.5 Å². The van der Waals surface area contributed by atoms with E-state index < -0.39 is 0 Å². The molecule has 2 aromatic rings. The van der Waals surface area contributed by atoms with E-state index in [4.69, 9.17) is 9.47 Å². The molecule has 0 radical (unpaired) electrons. The van der Waals surface area contributed by atoms with Gasteiger partial charge in [-0.15, -0.1) is 0 Å². The topological polar surface area (TPSA) is 47.1 Å². The standard InChI is InChI=1S/C21H30N2O2/c1-21(2,3)16-11-9-14(10-12-16)13-15-7-6-8-17-18(15)22-23-19(17)20(24-4)25-5/h9-12,15,20H,6-8,13H2,1-5H3,(H,22,23). The quantitative estimate of drug-likeness (QED) is 0.804. The first kappa shape index (κ1) is 18.2. The van der Waals surface area contributed by atoms with Crippen LogP contribution in [0.3, 0.4) is 0 Å². The predicted molar refractivity (Wildman–Crippen MR) is 99.9 cm³/mol. The summed E-state index contributed by atoms with van der Waals surface area (Å²) in [6.07, 6.45) is 4.09. The van der Waals surface area contributed by atoms with E-state index in [1.807, 2.05) is 0 Å². The molecule has 0 spiro atoms. The lowest BCUT2D eigenvalue weighted by Crippen LogP contribution is -2.14. The molecule has 25 heavy (non-hydrogen) atoms. The summed E-state index contributed by atoms with van der Waals surface area (Å²) in [7, 11) is 3.32. The Labute approximate surface area is 150 Å². The van der Waals surface area contributed by atoms with Gasteiger partial charge in [-0.1, -0.05) is 45.0 Å². The number of methoxy groups -OCH3 is 2. The summed E-state index contributed by atoms with van der Waals surface area (Å²) in [4.78, 5) is 0. The molecule has 0 amide bonds. The Morgan fingerprint density at radius 2 is 1.84 bits per heavy atom. The molecule has 4 nitrogen and oxygen atoms in total. The molecule has 1 heterocycles. The van der Waals surface area contributed by atoms with Crippen LogP contribution >= 0.6 is 0 Å². The van der Waals surface area contributed by atoms with Crippen LogP contribution in [0.1, 0.15) is 73.9 Å². The van der Waals surface area contributed by atoms with Gasteiger partial charge in [-0.2, -0.15) is 5.10 Å². The molecule has 0 bridgehead atoms. The second-order valence-corrected chi connectivity index (χ2v) is 8.04. The van der Waals surface area contributed by atoms with E-state index in [9.17, 15) is 0 Å². The van der Waals surface area contributed by atoms with Gasteiger partial charge in [0.05, 0.1) is 0 Å². The summed E-state index contributed by atoms with van der Waals surface area (Å²) in [6, 6.07) is 9.09. The average molecular weight is 342 g/mol. The fourth-order valence-electron chi connectivity index (χ4n) is 3.81. The van der Waals surface area contributed by atoms with Gasteiger partial charge >= 0.3 is 0 Å². The fourth-order valence-corrected chi connectivity index (χ4v) is 3.81. The number of nitrogens with zero attached hydrogens (tertiary/aromatic N) is 1. The van der Waals surface area contributed by atoms with Crippen molar-refractivity contribution < 1.29 is 9.47 Å². The minimum atomic E-state index is -0.384. The van der Waals surface area contributed by atoms with Gasteiger partial charge in [0, 0.05) is 31.4 Å². The van der Waals surface area contributed by atoms with Crippen molar-refractivity contribution in [3.63, 3.8) is 0 Å². The Morgan fingerprint density at radius 3 is 2.44 bits per heavy atom. The maximum atomic E-state index is 5.40. The van der Waals surface area contributed by atoms with Gasteiger partial charge in [-0.3, -0.25) is 5.10 Å². The minimum Gasteiger partial charge on any atom is -0.350 e. The highest BCUT2D eigenvalue weighted by Crippen LogP contribution is 2.36. The van der Waals surface area contributed by atoms with Gasteiger partial charge in [0.15, 0.2) is 0 Å². The first-order valence-electron chi connectivity index (χ1n) is 9.16. The van der Waals surface area contributed by atoms with Crippen LogP contribution in [-0.4, -0.2) is 24.4 Å². The van der Waals surface area contributed by atoms with Gasteiger partial charge < -0.3 is 9.47 Å². The molecule has 0 saturated carbocycles. The summed E-state index contributed by atoms with van der Waals surface area (Å²) in [6.45, 7) is 6.76. The van der Waals surface area contributed by atoms with Crippen molar-refractivity contribution in [2.75, 3.05) is 14.2 Å². The van der Waals surface area contributed by atoms with Gasteiger partial charge in [0.2, 0.25) is 6.29 Å². The molecule has 136 valence electrons. The first-order valence-corrected chi connectivity index (χ1v) is 9.16. The third kappa shape index (κ3) is 3.80. The van der Waals surface area contributed by atoms with Crippen molar-refractivity contribution in [1.29, 1.82) is 0 Å². The normalized spacial score (nSPS) is 17.8. The number of hydrogen-bond donors (Lipinski definition) is 1. The molecule has 0 aliphatic heterocycles. The third-order valence-electron chi connectivity index (χ3n) is 5.27. The van der Waals surface area contributed by atoms with Gasteiger partial charge in [-0.05, 0) is 42.2 Å². The van der Waals surface area contributed by atoms with Crippen molar-refractivity contribution in [3.8, 4) is 0 Å². The number of nitrogens with one attached hydrogen (secondary N) is 1. The molecule has 1 aliphatic carbocycles. The van der Waals surface area contributed by atoms with Crippen molar-refractivity contribution in [2.24, 2.45) is 0 Å². The molecule has 0 saturated heterocycles. The van der Waals surface area contributed by atoms with Crippen LogP contribution in [-0.2, 0) is 27.7 Å². The molecule has 1 N–H and O–H groups in total. The molecule has 4 heteroatoms. The highest BCUT2D eigenvalue weighted by atomic mass is 16.7. The Hall–Kier alpha value is -1.65. The number of ether oxygens (including phenoxy) is 2. The van der Waals surface area contributed by atoms with Crippen molar-refractivity contribution in [2.45, 2.75) is 64.1 Å². The lowest BCUT2D eigenvalue weighted by molar-refractivity contribution is -0.109. The average Bonchev–Trinajstić information content (AvgIpc) is 3.01. The van der Waals surface area contributed by atoms with E-state index >= 15 is 0 Å². The van der Waals surface area contributed by atoms with Gasteiger partial charge in [-0.25, -0.2) is 0 Å². The zero-order valence-electron chi connectivity index (χ0n) is 16.1. The van der Waals surface area contributed by atoms with E-state index in [0.29, 0.717) is 5.92 Å². The lowest BCUT2D eigenvalue weighted by Gasteiger charge is -2.24. The van der Waals surface area contributed by atoms with Crippen LogP contribution < -0.4 is 0 Å². The maximum absolute atomic E-state index is 5.40. The Morgan fingerprint density at radius 1 is 1.16 bits per heavy atom. The molecule has 1 aliphatic rings. The monoisotopic (exact) mass is 342 g/mol. The minimum absolute atomic E-state index is 0.199. The van der Waals surface area contributed by atoms with Crippen LogP contribution in [0, 0.1) is 0 Å². The van der Waals surface area contributed by atoms with Gasteiger partial charge in [0.1, 0.15) is 5.69 Å². The number of benzene rings is 1. The van der Waals surface area contributed by atoms with E-state index in [1.54, 1.807) is 14.2 Å². The lowest BCUT2D eigenvalue weighted by atomic mass is 9.82. The second-order valence-electron chi connectivity index (χ2n) is 8.04. The molecule has 1 unspecified atom stereocenters. The van der Waals surface area contributed by atoms with Crippen LogP contribution in [0.25, 0.3) is 0 Å². The number of fused-ring (bicyclic) bond motifs is 1. The number of aromatic amines is 1. The van der Waals surface area contributed by atoms with Crippen molar-refractivity contribution >= 4 is 0 Å². The summed E-state index contributed by atoms with van der Waals surface area (Å²) in [5, 5.41) is 7.77. The second kappa shape index (κ2) is 7.30. The Kier molecular flexibility index (Phi) is 5.30. The summed E-state index contributed by atoms with van der Waals surface area (Å²) in [5.74, 6) is 0.486. The first-order chi connectivity index (χ1) is 11.9. The summed E-state index contributed by atoms with van der Waals surface area (Å²) < 4.78 is 10.8. The number of hydrogen-bond acceptors (Lipinski definition) is 3. The fraction of sp³-hybridized carbons (Fsp3) is 0.571. The third-order valence-corrected chi connectivity index (χ3v) is 5.27. The van der Waals surface area contributed by atoms with Crippen molar-refractivity contribution in [3.05, 3.63) is 52.3 Å². The van der Waals surface area contributed by atoms with Crippen LogP contribution in [0.2, 0.25) is 0 Å². The van der Waals surface area contributed by atoms with Crippen LogP contribution in [0.15, 0.2) is 24.3 Å². The molecule has 1 aromatic carbocycles. The molecule has 3 rings (SSSR count). The number of rotatable bonds is 5. The number of aromatic nitrogens is 2. The largest absolute Gasteiger partial charge is 0.350 e. The van der Waals surface area contributed by atoms with E-state index in [1.165, 1.54) is 35.2 Å². The van der Waals surface area contributed by atoms with Crippen LogP contribution in [0.4, 0.5) is 0 Å². The van der Waals surface area contributed by atoms with Crippen molar-refractivity contribution in [1.82, 2.24) is 10.2 Å². The molecule has 1 atom stereocenters. The Balaban J connectivity index is 1.80. The predicted octanol–water partition coefficient (Wildman–Crippen LogP) is 4.66. The van der Waals surface area contributed by atoms with E-state index in [2.05, 4.69) is 55.2 Å². The zero-order chi connectivity index (χ0) is 18.0. The molecular weight excluding hydrogens is 312 g/mol. The zero-order valence-corrected chi connectivity index (χ0v) is 16.1. The Bertz CT molecular complexity index is 694. The number of H-pyrrole nitrogens is 1. The summed E-state index contributed by atoms with van der Waals surface area (Å²) >= 11 is 0. The smallest absolute Gasteiger partial charge is 0.202 e. The molecule has 1 aromatic heterocycles. The van der Waals surface area contributed by atoms with Crippen LogP contribution in [0.5, 0.6) is 0 Å². The van der Waals surface area contributed by atoms with E-state index in [-0.39, 0.29) is 11.7 Å². The summed E-state index contributed by atoms with van der Waals surface area (Å²) in [5.41, 5.74) is 6.43. The molecule has 0 fully saturated rings. The highest BCUT2D eigenvalue weighted by Gasteiger charge is 2.29.